The standard InChI is InChI=1S/C49H97NO10Si4/c1-35(31-55-32-36-26-28-37(53-16)29-27-36)43-49(14,58-43)44(60-64(24,25)48(11,12)13)39(34-57-62(20,21)46(5,6)7)42(52)38(33-56-61(18,19)45(2,3)4)40(30-41(51)50(15)54-17)59-63(22,23)47(8,9)10/h26-29,35,38-40,42-44,52H,30-34H2,1-25H3/t35-,38+,39-,40-,42+,43+,44-,49-/m0/s1. The molecule has 2 rings (SSSR count). The summed E-state index contributed by atoms with van der Waals surface area (Å²) < 4.78 is 47.9. The van der Waals surface area contributed by atoms with Crippen LogP contribution in [0.1, 0.15) is 109 Å². The van der Waals surface area contributed by atoms with Crippen molar-refractivity contribution in [3.63, 3.8) is 0 Å². The van der Waals surface area contributed by atoms with E-state index in [1.165, 1.54) is 12.2 Å². The Hall–Kier alpha value is -0.962. The Morgan fingerprint density at radius 1 is 0.719 bits per heavy atom. The number of aliphatic hydroxyl groups is 1. The Labute approximate surface area is 396 Å². The van der Waals surface area contributed by atoms with Gasteiger partial charge in [-0.05, 0) is 97.1 Å². The van der Waals surface area contributed by atoms with Crippen molar-refractivity contribution in [2.24, 2.45) is 17.8 Å². The van der Waals surface area contributed by atoms with Gasteiger partial charge in [0.1, 0.15) is 11.4 Å². The molecule has 0 aliphatic carbocycles. The van der Waals surface area contributed by atoms with E-state index >= 15 is 0 Å². The third-order valence-electron chi connectivity index (χ3n) is 15.9. The number of aliphatic hydroxyl groups excluding tert-OH is 1. The van der Waals surface area contributed by atoms with E-state index in [1.807, 2.05) is 24.3 Å². The van der Waals surface area contributed by atoms with E-state index in [4.69, 9.17) is 36.8 Å². The van der Waals surface area contributed by atoms with Gasteiger partial charge in [0.15, 0.2) is 33.3 Å². The smallest absolute Gasteiger partial charge is 0.248 e. The third kappa shape index (κ3) is 15.3. The molecule has 0 unspecified atom stereocenters. The van der Waals surface area contributed by atoms with Crippen molar-refractivity contribution in [2.45, 2.75) is 213 Å². The van der Waals surface area contributed by atoms with Crippen LogP contribution in [0.25, 0.3) is 0 Å². The van der Waals surface area contributed by atoms with Crippen LogP contribution < -0.4 is 4.74 Å². The molecule has 374 valence electrons. The number of benzene rings is 1. The number of carbonyl (C=O) groups is 1. The molecule has 11 nitrogen and oxygen atoms in total. The molecule has 0 aromatic heterocycles. The molecule has 0 radical (unpaired) electrons. The van der Waals surface area contributed by atoms with Crippen LogP contribution in [0.4, 0.5) is 0 Å². The zero-order valence-electron chi connectivity index (χ0n) is 45.5. The fourth-order valence-corrected chi connectivity index (χ4v) is 11.7. The number of hydrogen-bond acceptors (Lipinski definition) is 10. The molecule has 1 saturated heterocycles. The average Bonchev–Trinajstić information content (AvgIpc) is 3.84. The van der Waals surface area contributed by atoms with Crippen LogP contribution in [-0.2, 0) is 43.4 Å². The van der Waals surface area contributed by atoms with Crippen molar-refractivity contribution in [1.29, 1.82) is 0 Å². The molecule has 1 aromatic carbocycles. The molecule has 64 heavy (non-hydrogen) atoms. The lowest BCUT2D eigenvalue weighted by atomic mass is 9.78. The average molecular weight is 973 g/mol. The SMILES string of the molecule is COc1ccc(COC[C@H](C)[C@H]2O[C@]2(C)[C@@H](O[Si](C)(C)C(C)(C)C)[C@@H](CO[Si](C)(C)C(C)(C)C)[C@H](O)[C@H](CO[Si](C)(C)C(C)(C)C)[C@H](CC(=O)N(C)OC)O[Si](C)(C)C(C)(C)C)cc1. The number of ether oxygens (including phenoxy) is 3. The van der Waals surface area contributed by atoms with Crippen LogP contribution in [0.5, 0.6) is 5.75 Å². The highest BCUT2D eigenvalue weighted by molar-refractivity contribution is 6.75. The van der Waals surface area contributed by atoms with Gasteiger partial charge in [0.05, 0.1) is 58.3 Å². The molecule has 1 amide bonds. The number of rotatable bonds is 24. The molecule has 8 atom stereocenters. The van der Waals surface area contributed by atoms with E-state index in [9.17, 15) is 9.90 Å². The van der Waals surface area contributed by atoms with E-state index in [2.05, 4.69) is 149 Å². The molecule has 1 N–H and O–H groups in total. The lowest BCUT2D eigenvalue weighted by Crippen LogP contribution is -2.59. The highest BCUT2D eigenvalue weighted by Gasteiger charge is 2.65. The van der Waals surface area contributed by atoms with E-state index in [0.29, 0.717) is 13.2 Å². The zero-order valence-corrected chi connectivity index (χ0v) is 49.5. The number of methoxy groups -OCH3 is 1. The number of amides is 1. The molecule has 1 aliphatic heterocycles. The van der Waals surface area contributed by atoms with Gasteiger partial charge >= 0.3 is 0 Å². The second kappa shape index (κ2) is 21.8. The van der Waals surface area contributed by atoms with Crippen LogP contribution in [0.15, 0.2) is 24.3 Å². The van der Waals surface area contributed by atoms with Crippen LogP contribution in [0, 0.1) is 17.8 Å². The fraction of sp³-hybridized carbons (Fsp3) is 0.857. The summed E-state index contributed by atoms with van der Waals surface area (Å²) in [6.45, 7) is 50.3. The van der Waals surface area contributed by atoms with Crippen LogP contribution in [0.3, 0.4) is 0 Å². The second-order valence-corrected chi connectivity index (χ2v) is 44.1. The zero-order chi connectivity index (χ0) is 49.9. The van der Waals surface area contributed by atoms with Crippen molar-refractivity contribution in [3.05, 3.63) is 29.8 Å². The number of hydroxylamine groups is 2. The van der Waals surface area contributed by atoms with Crippen molar-refractivity contribution in [1.82, 2.24) is 5.06 Å². The Balaban J connectivity index is 2.91. The van der Waals surface area contributed by atoms with Crippen LogP contribution in [-0.4, -0.2) is 120 Å². The summed E-state index contributed by atoms with van der Waals surface area (Å²) in [5.74, 6) is -0.634. The Morgan fingerprint density at radius 3 is 1.58 bits per heavy atom. The monoisotopic (exact) mass is 972 g/mol. The fourth-order valence-electron chi connectivity index (χ4n) is 6.83. The number of epoxide rings is 1. The minimum Gasteiger partial charge on any atom is -0.497 e. The van der Waals surface area contributed by atoms with Crippen molar-refractivity contribution in [3.8, 4) is 5.75 Å². The number of carbonyl (C=O) groups excluding carboxylic acids is 1. The molecule has 1 aromatic rings. The third-order valence-corrected chi connectivity index (χ3v) is 33.9. The molecule has 0 bridgehead atoms. The quantitative estimate of drug-likeness (QED) is 0.0609. The van der Waals surface area contributed by atoms with Gasteiger partial charge in [0.25, 0.3) is 0 Å². The van der Waals surface area contributed by atoms with Gasteiger partial charge in [0.2, 0.25) is 5.91 Å². The second-order valence-electron chi connectivity index (χ2n) is 25.0. The van der Waals surface area contributed by atoms with Gasteiger partial charge in [-0.3, -0.25) is 9.63 Å². The van der Waals surface area contributed by atoms with Gasteiger partial charge < -0.3 is 37.0 Å². The molecular weight excluding hydrogens is 875 g/mol. The number of nitrogens with zero attached hydrogens (tertiary/aromatic N) is 1. The van der Waals surface area contributed by atoms with Gasteiger partial charge in [-0.15, -0.1) is 0 Å². The summed E-state index contributed by atoms with van der Waals surface area (Å²) in [6.07, 6.45) is -2.57. The van der Waals surface area contributed by atoms with E-state index in [-0.39, 0.29) is 57.7 Å². The number of hydrogen-bond donors (Lipinski definition) is 1. The lowest BCUT2D eigenvalue weighted by molar-refractivity contribution is -0.172. The molecular formula is C49H97NO10Si4. The summed E-state index contributed by atoms with van der Waals surface area (Å²) in [5.41, 5.74) is 0.279. The first kappa shape index (κ1) is 59.2. The van der Waals surface area contributed by atoms with Gasteiger partial charge in [0, 0.05) is 38.0 Å². The van der Waals surface area contributed by atoms with E-state index in [1.54, 1.807) is 14.2 Å². The normalized spacial score (nSPS) is 21.2. The topological polar surface area (TPSA) is 118 Å². The predicted molar refractivity (Wildman–Crippen MR) is 273 cm³/mol. The molecule has 1 fully saturated rings. The minimum atomic E-state index is -2.55. The predicted octanol–water partition coefficient (Wildman–Crippen LogP) is 11.8. The van der Waals surface area contributed by atoms with Crippen molar-refractivity contribution < 1.29 is 46.7 Å². The maximum absolute atomic E-state index is 14.0. The first-order valence-electron chi connectivity index (χ1n) is 23.7. The van der Waals surface area contributed by atoms with Crippen molar-refractivity contribution in [2.75, 3.05) is 41.1 Å². The van der Waals surface area contributed by atoms with E-state index in [0.717, 1.165) is 11.3 Å². The largest absolute Gasteiger partial charge is 0.497 e. The minimum absolute atomic E-state index is 0.00195. The Kier molecular flexibility index (Phi) is 20.1. The van der Waals surface area contributed by atoms with Gasteiger partial charge in [-0.2, -0.15) is 0 Å². The van der Waals surface area contributed by atoms with Crippen LogP contribution in [0.2, 0.25) is 72.5 Å². The summed E-state index contributed by atoms with van der Waals surface area (Å²) >= 11 is 0. The highest BCUT2D eigenvalue weighted by atomic mass is 28.4. The molecule has 1 aliphatic rings. The molecule has 0 saturated carbocycles. The van der Waals surface area contributed by atoms with Crippen molar-refractivity contribution >= 4 is 39.2 Å². The molecule has 0 spiro atoms. The molecule has 1 heterocycles. The first-order chi connectivity index (χ1) is 28.7. The van der Waals surface area contributed by atoms with Crippen LogP contribution >= 0.6 is 0 Å². The van der Waals surface area contributed by atoms with Gasteiger partial charge in [-0.1, -0.05) is 102 Å². The Morgan fingerprint density at radius 2 is 1.16 bits per heavy atom. The summed E-state index contributed by atoms with van der Waals surface area (Å²) in [5, 5.41) is 14.4. The van der Waals surface area contributed by atoms with E-state index < -0.39 is 69.0 Å². The molecule has 15 heteroatoms. The summed E-state index contributed by atoms with van der Waals surface area (Å²) in [6, 6.07) is 7.93. The summed E-state index contributed by atoms with van der Waals surface area (Å²) in [4.78, 5) is 19.4. The summed E-state index contributed by atoms with van der Waals surface area (Å²) in [7, 11) is -5.09. The highest BCUT2D eigenvalue weighted by Crippen LogP contribution is 2.52. The Bertz CT molecular complexity index is 1610. The maximum Gasteiger partial charge on any atom is 0.248 e. The maximum atomic E-state index is 14.0. The lowest BCUT2D eigenvalue weighted by Gasteiger charge is -2.48. The van der Waals surface area contributed by atoms with Gasteiger partial charge in [-0.25, -0.2) is 5.06 Å². The first-order valence-corrected chi connectivity index (χ1v) is 35.3.